The Morgan fingerprint density at radius 1 is 1.15 bits per heavy atom. The maximum Gasteiger partial charge on any atom is 0.294 e. The van der Waals surface area contributed by atoms with Crippen LogP contribution in [0, 0.1) is 6.92 Å². The molecule has 4 rings (SSSR count). The van der Waals surface area contributed by atoms with Crippen molar-refractivity contribution in [2.75, 3.05) is 20.0 Å². The average molecular weight is 448 g/mol. The first-order valence-corrected chi connectivity index (χ1v) is 9.69. The van der Waals surface area contributed by atoms with Gasteiger partial charge in [0.05, 0.1) is 20.4 Å². The molecule has 0 aliphatic rings. The molecule has 12 nitrogen and oxygen atoms in total. The summed E-state index contributed by atoms with van der Waals surface area (Å²) in [6, 6.07) is 12.8. The van der Waals surface area contributed by atoms with Crippen molar-refractivity contribution in [2.24, 2.45) is 5.10 Å². The number of benzene rings is 2. The van der Waals surface area contributed by atoms with Crippen molar-refractivity contribution < 1.29 is 18.9 Å². The van der Waals surface area contributed by atoms with Gasteiger partial charge in [0.2, 0.25) is 11.6 Å². The minimum Gasteiger partial charge on any atom is -0.493 e. The summed E-state index contributed by atoms with van der Waals surface area (Å²) in [5.41, 5.74) is 11.0. The van der Waals surface area contributed by atoms with Crippen LogP contribution in [0.25, 0.3) is 17.1 Å². The van der Waals surface area contributed by atoms with E-state index in [4.69, 9.17) is 15.2 Å². The number of nitrogens with one attached hydrogen (secondary N) is 1. The Balaban J connectivity index is 1.67. The first kappa shape index (κ1) is 21.5. The van der Waals surface area contributed by atoms with Crippen LogP contribution in [0.2, 0.25) is 0 Å². The molecule has 3 N–H and O–H groups in total. The van der Waals surface area contributed by atoms with E-state index in [0.29, 0.717) is 28.3 Å². The number of rotatable bonds is 7. The van der Waals surface area contributed by atoms with Crippen LogP contribution in [0.1, 0.15) is 21.6 Å². The number of ether oxygens (including phenoxy) is 2. The van der Waals surface area contributed by atoms with Gasteiger partial charge in [-0.25, -0.2) is 10.1 Å². The second-order valence-corrected chi connectivity index (χ2v) is 6.82. The third-order valence-corrected chi connectivity index (χ3v) is 4.71. The molecule has 0 saturated carbocycles. The Morgan fingerprint density at radius 3 is 2.61 bits per heavy atom. The van der Waals surface area contributed by atoms with Gasteiger partial charge in [0.25, 0.3) is 5.91 Å². The molecule has 12 heteroatoms. The van der Waals surface area contributed by atoms with Gasteiger partial charge in [-0.15, -0.1) is 5.10 Å². The molecule has 2 aromatic heterocycles. The van der Waals surface area contributed by atoms with Gasteiger partial charge < -0.3 is 15.2 Å². The van der Waals surface area contributed by atoms with Crippen molar-refractivity contribution >= 4 is 17.9 Å². The smallest absolute Gasteiger partial charge is 0.294 e. The lowest BCUT2D eigenvalue weighted by molar-refractivity contribution is 0.0950. The molecule has 0 aliphatic carbocycles. The number of hydrazone groups is 1. The summed E-state index contributed by atoms with van der Waals surface area (Å²) in [4.78, 5) is 13.0. The molecule has 0 radical (unpaired) electrons. The minimum absolute atomic E-state index is 0.00311. The number of amides is 1. The fourth-order valence-corrected chi connectivity index (χ4v) is 3.12. The SMILES string of the molecule is COc1cccc(/C=N\NC(=O)c2nnn(-c3nonc3N)c2-c2ccc(C)cc2)c1OC. The molecule has 168 valence electrons. The zero-order chi connectivity index (χ0) is 23.4. The van der Waals surface area contributed by atoms with Crippen molar-refractivity contribution in [3.8, 4) is 28.6 Å². The topological polar surface area (TPSA) is 156 Å². The molecular weight excluding hydrogens is 428 g/mol. The molecule has 2 heterocycles. The Labute approximate surface area is 188 Å². The normalized spacial score (nSPS) is 11.0. The summed E-state index contributed by atoms with van der Waals surface area (Å²) in [5, 5.41) is 19.4. The van der Waals surface area contributed by atoms with Crippen LogP contribution in [-0.4, -0.2) is 51.6 Å². The summed E-state index contributed by atoms with van der Waals surface area (Å²) in [6.45, 7) is 1.95. The molecule has 0 bridgehead atoms. The Bertz CT molecular complexity index is 1310. The Hall–Kier alpha value is -4.74. The van der Waals surface area contributed by atoms with Crippen molar-refractivity contribution in [3.05, 3.63) is 59.3 Å². The molecule has 2 aromatic carbocycles. The molecule has 0 atom stereocenters. The zero-order valence-electron chi connectivity index (χ0n) is 18.0. The quantitative estimate of drug-likeness (QED) is 0.319. The molecule has 0 unspecified atom stereocenters. The molecule has 0 fully saturated rings. The van der Waals surface area contributed by atoms with Crippen LogP contribution in [0.3, 0.4) is 0 Å². The van der Waals surface area contributed by atoms with Crippen molar-refractivity contribution in [1.29, 1.82) is 0 Å². The van der Waals surface area contributed by atoms with Crippen LogP contribution in [0.4, 0.5) is 5.82 Å². The monoisotopic (exact) mass is 448 g/mol. The fourth-order valence-electron chi connectivity index (χ4n) is 3.12. The van der Waals surface area contributed by atoms with E-state index in [1.165, 1.54) is 25.1 Å². The van der Waals surface area contributed by atoms with E-state index in [2.05, 4.69) is 35.8 Å². The number of methoxy groups -OCH3 is 2. The molecule has 0 aliphatic heterocycles. The number of aryl methyl sites for hydroxylation is 1. The van der Waals surface area contributed by atoms with E-state index in [1.807, 2.05) is 31.2 Å². The number of nitrogen functional groups attached to an aromatic ring is 1. The number of nitrogens with zero attached hydrogens (tertiary/aromatic N) is 6. The van der Waals surface area contributed by atoms with Crippen LogP contribution in [-0.2, 0) is 0 Å². The Kier molecular flexibility index (Phi) is 5.98. The fraction of sp³-hybridized carbons (Fsp3) is 0.143. The van der Waals surface area contributed by atoms with Crippen molar-refractivity contribution in [3.63, 3.8) is 0 Å². The van der Waals surface area contributed by atoms with E-state index in [9.17, 15) is 4.79 Å². The maximum atomic E-state index is 13.0. The zero-order valence-corrected chi connectivity index (χ0v) is 18.0. The standard InChI is InChI=1S/C21H20N8O4/c1-12-7-9-13(10-8-12)17-16(24-28-29(17)20-19(22)26-33-27-20)21(30)25-23-11-14-5-4-6-15(31-2)18(14)32-3/h4-11H,1-3H3,(H2,22,26)(H,25,30)/b23-11-. The molecular formula is C21H20N8O4. The number of hydrogen-bond donors (Lipinski definition) is 2. The molecule has 1 amide bonds. The lowest BCUT2D eigenvalue weighted by Crippen LogP contribution is -2.19. The molecule has 4 aromatic rings. The summed E-state index contributed by atoms with van der Waals surface area (Å²) >= 11 is 0. The van der Waals surface area contributed by atoms with Gasteiger partial charge in [-0.1, -0.05) is 41.1 Å². The van der Waals surface area contributed by atoms with Gasteiger partial charge in [-0.3, -0.25) is 4.79 Å². The minimum atomic E-state index is -0.593. The summed E-state index contributed by atoms with van der Waals surface area (Å²) in [7, 11) is 3.05. The number of carbonyl (C=O) groups is 1. The number of anilines is 1. The van der Waals surface area contributed by atoms with Crippen LogP contribution in [0.5, 0.6) is 11.5 Å². The van der Waals surface area contributed by atoms with E-state index in [-0.39, 0.29) is 17.3 Å². The molecule has 0 spiro atoms. The highest BCUT2D eigenvalue weighted by Crippen LogP contribution is 2.29. The van der Waals surface area contributed by atoms with E-state index in [1.54, 1.807) is 18.2 Å². The maximum absolute atomic E-state index is 13.0. The molecule has 0 saturated heterocycles. The van der Waals surface area contributed by atoms with Gasteiger partial charge in [0.1, 0.15) is 5.69 Å². The van der Waals surface area contributed by atoms with Gasteiger partial charge in [0, 0.05) is 11.1 Å². The van der Waals surface area contributed by atoms with Crippen LogP contribution in [0.15, 0.2) is 52.2 Å². The number of hydrogen-bond acceptors (Lipinski definition) is 10. The largest absolute Gasteiger partial charge is 0.493 e. The predicted molar refractivity (Wildman–Crippen MR) is 118 cm³/mol. The number of carbonyl (C=O) groups excluding carboxylic acids is 1. The van der Waals surface area contributed by atoms with Gasteiger partial charge >= 0.3 is 0 Å². The van der Waals surface area contributed by atoms with Gasteiger partial charge in [-0.05, 0) is 29.4 Å². The lowest BCUT2D eigenvalue weighted by Gasteiger charge is -2.09. The van der Waals surface area contributed by atoms with E-state index < -0.39 is 5.91 Å². The van der Waals surface area contributed by atoms with Crippen molar-refractivity contribution in [2.45, 2.75) is 6.92 Å². The first-order valence-electron chi connectivity index (χ1n) is 9.69. The summed E-state index contributed by atoms with van der Waals surface area (Å²) < 4.78 is 16.6. The molecule has 33 heavy (non-hydrogen) atoms. The van der Waals surface area contributed by atoms with Crippen LogP contribution < -0.4 is 20.6 Å². The number of para-hydroxylation sites is 1. The predicted octanol–water partition coefficient (Wildman–Crippen LogP) is 1.99. The van der Waals surface area contributed by atoms with E-state index >= 15 is 0 Å². The van der Waals surface area contributed by atoms with Gasteiger partial charge in [-0.2, -0.15) is 9.78 Å². The third kappa shape index (κ3) is 4.21. The van der Waals surface area contributed by atoms with Crippen molar-refractivity contribution in [1.82, 2.24) is 30.7 Å². The lowest BCUT2D eigenvalue weighted by atomic mass is 10.1. The second-order valence-electron chi connectivity index (χ2n) is 6.82. The summed E-state index contributed by atoms with van der Waals surface area (Å²) in [6.07, 6.45) is 1.44. The third-order valence-electron chi connectivity index (χ3n) is 4.71. The first-order chi connectivity index (χ1) is 16.0. The van der Waals surface area contributed by atoms with Crippen LogP contribution >= 0.6 is 0 Å². The summed E-state index contributed by atoms with van der Waals surface area (Å²) in [5.74, 6) is 0.546. The van der Waals surface area contributed by atoms with Gasteiger partial charge in [0.15, 0.2) is 17.2 Å². The number of aromatic nitrogens is 5. The highest BCUT2D eigenvalue weighted by molar-refractivity contribution is 5.99. The average Bonchev–Trinajstić information content (AvgIpc) is 3.45. The highest BCUT2D eigenvalue weighted by atomic mass is 16.6. The van der Waals surface area contributed by atoms with E-state index in [0.717, 1.165) is 5.56 Å². The highest BCUT2D eigenvalue weighted by Gasteiger charge is 2.25. The second kappa shape index (κ2) is 9.18. The number of nitrogens with two attached hydrogens (primary N) is 1. The Morgan fingerprint density at radius 2 is 1.94 bits per heavy atom.